The second-order valence-electron chi connectivity index (χ2n) is 6.88. The van der Waals surface area contributed by atoms with E-state index < -0.39 is 0 Å². The van der Waals surface area contributed by atoms with Crippen molar-refractivity contribution in [3.8, 4) is 0 Å². The van der Waals surface area contributed by atoms with Crippen molar-refractivity contribution >= 4 is 14.5 Å². The van der Waals surface area contributed by atoms with Gasteiger partial charge in [0.25, 0.3) is 0 Å². The number of rotatable bonds is 6. The lowest BCUT2D eigenvalue weighted by Crippen LogP contribution is -2.49. The van der Waals surface area contributed by atoms with E-state index in [2.05, 4.69) is 75.3 Å². The van der Waals surface area contributed by atoms with Gasteiger partial charge in [-0.15, -0.1) is 9.24 Å². The van der Waals surface area contributed by atoms with Crippen LogP contribution in [-0.4, -0.2) is 12.1 Å². The Morgan fingerprint density at radius 1 is 0.833 bits per heavy atom. The highest BCUT2D eigenvalue weighted by molar-refractivity contribution is 7.27. The maximum Gasteiger partial charge on any atom is 0.0224 e. The largest absolute Gasteiger partial charge is 0.308 e. The van der Waals surface area contributed by atoms with Crippen LogP contribution in [0.15, 0.2) is 48.5 Å². The summed E-state index contributed by atoms with van der Waals surface area (Å²) in [7, 11) is 2.84. The molecule has 0 aliphatic heterocycles. The zero-order valence-corrected chi connectivity index (χ0v) is 15.7. The summed E-state index contributed by atoms with van der Waals surface area (Å²) in [5.74, 6) is 0. The van der Waals surface area contributed by atoms with Gasteiger partial charge in [-0.1, -0.05) is 61.4 Å². The predicted octanol–water partition coefficient (Wildman–Crippen LogP) is 3.69. The number of nitrogens with one attached hydrogen (secondary N) is 2. The topological polar surface area (TPSA) is 24.1 Å². The number of hydrogen-bond donors (Lipinski definition) is 2. The molecule has 1 saturated carbocycles. The molecule has 0 saturated heterocycles. The molecule has 0 amide bonds. The molecule has 3 unspecified atom stereocenters. The van der Waals surface area contributed by atoms with E-state index in [1.807, 2.05) is 0 Å². The average Bonchev–Trinajstić information content (AvgIpc) is 2.61. The van der Waals surface area contributed by atoms with Gasteiger partial charge in [-0.25, -0.2) is 0 Å². The molecule has 0 radical (unpaired) electrons. The van der Waals surface area contributed by atoms with Crippen LogP contribution in [0.4, 0.5) is 0 Å². The van der Waals surface area contributed by atoms with Gasteiger partial charge in [0, 0.05) is 25.2 Å². The molecule has 1 aliphatic carbocycles. The summed E-state index contributed by atoms with van der Waals surface area (Å²) in [4.78, 5) is 0. The number of hydrogen-bond acceptors (Lipinski definition) is 2. The molecule has 0 spiro atoms. The van der Waals surface area contributed by atoms with E-state index in [0.717, 1.165) is 13.1 Å². The minimum atomic E-state index is 0.562. The molecule has 0 bridgehead atoms. The van der Waals surface area contributed by atoms with Gasteiger partial charge in [-0.3, -0.25) is 0 Å². The van der Waals surface area contributed by atoms with Crippen molar-refractivity contribution < 1.29 is 0 Å². The van der Waals surface area contributed by atoms with Gasteiger partial charge in [0.15, 0.2) is 0 Å². The maximum absolute atomic E-state index is 3.81. The smallest absolute Gasteiger partial charge is 0.0224 e. The molecule has 3 atom stereocenters. The third kappa shape index (κ3) is 4.66. The zero-order valence-electron chi connectivity index (χ0n) is 14.6. The van der Waals surface area contributed by atoms with E-state index in [4.69, 9.17) is 0 Å². The molecule has 3 heteroatoms. The second-order valence-corrected chi connectivity index (χ2v) is 7.51. The third-order valence-electron chi connectivity index (χ3n) is 5.19. The molecule has 24 heavy (non-hydrogen) atoms. The Hall–Kier alpha value is -1.21. The molecule has 1 aliphatic rings. The zero-order chi connectivity index (χ0) is 16.8. The Morgan fingerprint density at radius 3 is 2.00 bits per heavy atom. The highest BCUT2D eigenvalue weighted by Crippen LogP contribution is 2.20. The summed E-state index contributed by atoms with van der Waals surface area (Å²) in [5, 5.41) is 8.91. The summed E-state index contributed by atoms with van der Waals surface area (Å²) >= 11 is 0. The molecule has 2 aromatic rings. The van der Waals surface area contributed by atoms with Gasteiger partial charge >= 0.3 is 0 Å². The third-order valence-corrected chi connectivity index (χ3v) is 5.75. The van der Waals surface area contributed by atoms with E-state index >= 15 is 0 Å². The molecule has 1 fully saturated rings. The molecule has 2 N–H and O–H groups in total. The van der Waals surface area contributed by atoms with E-state index in [9.17, 15) is 0 Å². The van der Waals surface area contributed by atoms with Crippen molar-refractivity contribution in [1.29, 1.82) is 0 Å². The van der Waals surface area contributed by atoms with Crippen LogP contribution in [-0.2, 0) is 13.1 Å². The average molecular weight is 340 g/mol. The predicted molar refractivity (Wildman–Crippen MR) is 107 cm³/mol. The summed E-state index contributed by atoms with van der Waals surface area (Å²) in [6.45, 7) is 4.12. The van der Waals surface area contributed by atoms with Gasteiger partial charge in [0.05, 0.1) is 0 Å². The second kappa shape index (κ2) is 8.76. The fourth-order valence-corrected chi connectivity index (χ4v) is 3.91. The van der Waals surface area contributed by atoms with Gasteiger partial charge < -0.3 is 10.6 Å². The minimum Gasteiger partial charge on any atom is -0.308 e. The van der Waals surface area contributed by atoms with Crippen LogP contribution in [0.2, 0.25) is 0 Å². The lowest BCUT2D eigenvalue weighted by Gasteiger charge is -2.33. The lowest BCUT2D eigenvalue weighted by atomic mass is 9.90. The summed E-state index contributed by atoms with van der Waals surface area (Å²) in [5.41, 5.74) is 4.17. The molecule has 2 aromatic carbocycles. The SMILES string of the molecule is Cc1ccccc1CNC1CCCCC1NCc1ccccc1P. The fraction of sp³-hybridized carbons (Fsp3) is 0.429. The quantitative estimate of drug-likeness (QED) is 0.784. The van der Waals surface area contributed by atoms with Crippen molar-refractivity contribution in [3.63, 3.8) is 0 Å². The van der Waals surface area contributed by atoms with Crippen molar-refractivity contribution in [1.82, 2.24) is 10.6 Å². The van der Waals surface area contributed by atoms with Gasteiger partial charge in [-0.05, 0) is 41.8 Å². The standard InChI is InChI=1S/C21H29N2P/c1-16-8-2-3-9-17(16)14-22-19-11-5-6-12-20(19)23-15-18-10-4-7-13-21(18)24/h2-4,7-10,13,19-20,22-23H,5-6,11-12,14-15,24H2,1H3. The molecule has 0 heterocycles. The molecule has 2 nitrogen and oxygen atoms in total. The van der Waals surface area contributed by atoms with Gasteiger partial charge in [-0.2, -0.15) is 0 Å². The van der Waals surface area contributed by atoms with Gasteiger partial charge in [0.2, 0.25) is 0 Å². The Morgan fingerprint density at radius 2 is 1.38 bits per heavy atom. The fourth-order valence-electron chi connectivity index (χ4n) is 3.61. The van der Waals surface area contributed by atoms with E-state index in [1.165, 1.54) is 47.7 Å². The van der Waals surface area contributed by atoms with Crippen LogP contribution in [0.1, 0.15) is 42.4 Å². The van der Waals surface area contributed by atoms with Crippen LogP contribution in [0.5, 0.6) is 0 Å². The first kappa shape index (κ1) is 17.6. The minimum absolute atomic E-state index is 0.562. The summed E-state index contributed by atoms with van der Waals surface area (Å²) in [6.07, 6.45) is 5.21. The molecular weight excluding hydrogens is 311 g/mol. The summed E-state index contributed by atoms with van der Waals surface area (Å²) in [6, 6.07) is 18.4. The van der Waals surface area contributed by atoms with E-state index in [-0.39, 0.29) is 0 Å². The van der Waals surface area contributed by atoms with Gasteiger partial charge in [0.1, 0.15) is 0 Å². The van der Waals surface area contributed by atoms with Crippen LogP contribution < -0.4 is 15.9 Å². The highest BCUT2D eigenvalue weighted by atomic mass is 31.0. The van der Waals surface area contributed by atoms with Crippen LogP contribution in [0, 0.1) is 6.92 Å². The van der Waals surface area contributed by atoms with Crippen molar-refractivity contribution in [2.75, 3.05) is 0 Å². The van der Waals surface area contributed by atoms with Crippen molar-refractivity contribution in [3.05, 3.63) is 65.2 Å². The summed E-state index contributed by atoms with van der Waals surface area (Å²) < 4.78 is 0. The van der Waals surface area contributed by atoms with Crippen LogP contribution >= 0.6 is 9.24 Å². The first-order valence-electron chi connectivity index (χ1n) is 9.08. The van der Waals surface area contributed by atoms with E-state index in [1.54, 1.807) is 0 Å². The normalized spacial score (nSPS) is 20.9. The monoisotopic (exact) mass is 340 g/mol. The van der Waals surface area contributed by atoms with Crippen LogP contribution in [0.25, 0.3) is 0 Å². The van der Waals surface area contributed by atoms with Crippen LogP contribution in [0.3, 0.4) is 0 Å². The van der Waals surface area contributed by atoms with Crippen molar-refractivity contribution in [2.45, 2.75) is 57.8 Å². The van der Waals surface area contributed by atoms with Crippen molar-refractivity contribution in [2.24, 2.45) is 0 Å². The first-order valence-corrected chi connectivity index (χ1v) is 9.66. The van der Waals surface area contributed by atoms with E-state index in [0.29, 0.717) is 12.1 Å². The molecular formula is C21H29N2P. The Bertz CT molecular complexity index is 598. The molecule has 0 aromatic heterocycles. The Kier molecular flexibility index (Phi) is 6.43. The Labute approximate surface area is 148 Å². The highest BCUT2D eigenvalue weighted by Gasteiger charge is 2.24. The first-order chi connectivity index (χ1) is 11.7. The molecule has 3 rings (SSSR count). The Balaban J connectivity index is 1.57. The molecule has 128 valence electrons. The number of aryl methyl sites for hydroxylation is 1. The number of benzene rings is 2. The maximum atomic E-state index is 3.81. The lowest BCUT2D eigenvalue weighted by molar-refractivity contribution is 0.281.